The Morgan fingerprint density at radius 1 is 1.50 bits per heavy atom. The van der Waals surface area contributed by atoms with Crippen LogP contribution in [0.15, 0.2) is 18.2 Å². The average Bonchev–Trinajstić information content (AvgIpc) is 2.39. The highest BCUT2D eigenvalue weighted by atomic mass is 35.5. The summed E-state index contributed by atoms with van der Waals surface area (Å²) in [6.07, 6.45) is 3.48. The quantitative estimate of drug-likeness (QED) is 0.439. The molecule has 0 aliphatic heterocycles. The molecule has 0 aliphatic rings. The van der Waals surface area contributed by atoms with E-state index in [0.29, 0.717) is 28.6 Å². The van der Waals surface area contributed by atoms with E-state index in [1.54, 1.807) is 18.2 Å². The van der Waals surface area contributed by atoms with Crippen molar-refractivity contribution in [3.8, 4) is 0 Å². The number of halogens is 1. The number of hydrogen-bond donors (Lipinski definition) is 2. The lowest BCUT2D eigenvalue weighted by Gasteiger charge is -2.27. The molecular formula is C16H23ClN2O. The Hall–Kier alpha value is -1.35. The van der Waals surface area contributed by atoms with Crippen LogP contribution in [0.5, 0.6) is 0 Å². The van der Waals surface area contributed by atoms with E-state index in [0.717, 1.165) is 12.8 Å². The highest BCUT2D eigenvalue weighted by Gasteiger charge is 2.33. The lowest BCUT2D eigenvalue weighted by atomic mass is 9.75. The van der Waals surface area contributed by atoms with Crippen molar-refractivity contribution in [2.24, 2.45) is 11.3 Å². The molecule has 1 aromatic carbocycles. The molecular weight excluding hydrogens is 272 g/mol. The number of carbonyl (C=O) groups is 1. The zero-order chi connectivity index (χ0) is 15.3. The van der Waals surface area contributed by atoms with E-state index < -0.39 is 5.41 Å². The largest absolute Gasteiger partial charge is 0.398 e. The summed E-state index contributed by atoms with van der Waals surface area (Å²) in [6, 6.07) is 4.99. The summed E-state index contributed by atoms with van der Waals surface area (Å²) in [7, 11) is 0. The van der Waals surface area contributed by atoms with Crippen molar-refractivity contribution in [3.05, 3.63) is 28.8 Å². The normalized spacial score (nSPS) is 14.1. The van der Waals surface area contributed by atoms with Gasteiger partial charge in [-0.3, -0.25) is 4.79 Å². The van der Waals surface area contributed by atoms with Gasteiger partial charge in [-0.05, 0) is 43.2 Å². The van der Waals surface area contributed by atoms with Gasteiger partial charge in [0.05, 0.1) is 10.7 Å². The monoisotopic (exact) mass is 294 g/mol. The van der Waals surface area contributed by atoms with Gasteiger partial charge in [0.2, 0.25) is 0 Å². The van der Waals surface area contributed by atoms with Gasteiger partial charge < -0.3 is 11.1 Å². The van der Waals surface area contributed by atoms with Crippen LogP contribution >= 0.6 is 11.6 Å². The van der Waals surface area contributed by atoms with Gasteiger partial charge in [0.1, 0.15) is 0 Å². The highest BCUT2D eigenvalue weighted by molar-refractivity contribution is 6.33. The Kier molecular flexibility index (Phi) is 5.75. The van der Waals surface area contributed by atoms with Crippen molar-refractivity contribution >= 4 is 29.3 Å². The Morgan fingerprint density at radius 2 is 2.15 bits per heavy atom. The molecule has 110 valence electrons. The number of nitrogens with one attached hydrogen (secondary N) is 1. The van der Waals surface area contributed by atoms with Crippen LogP contribution in [0.2, 0.25) is 5.02 Å². The molecule has 3 N–H and O–H groups in total. The van der Waals surface area contributed by atoms with Crippen molar-refractivity contribution in [2.45, 2.75) is 40.0 Å². The second-order valence-electron chi connectivity index (χ2n) is 5.97. The van der Waals surface area contributed by atoms with Gasteiger partial charge in [0.15, 0.2) is 5.78 Å². The summed E-state index contributed by atoms with van der Waals surface area (Å²) in [6.45, 7) is 6.19. The fourth-order valence-electron chi connectivity index (χ4n) is 2.16. The molecule has 0 aliphatic carbocycles. The third-order valence-electron chi connectivity index (χ3n) is 3.64. The summed E-state index contributed by atoms with van der Waals surface area (Å²) in [5.74, 6) is 0.561. The fourth-order valence-corrected chi connectivity index (χ4v) is 2.34. The van der Waals surface area contributed by atoms with Crippen LogP contribution in [0.25, 0.3) is 0 Å². The third-order valence-corrected chi connectivity index (χ3v) is 3.96. The van der Waals surface area contributed by atoms with Crippen LogP contribution in [0.4, 0.5) is 5.69 Å². The van der Waals surface area contributed by atoms with Gasteiger partial charge in [-0.1, -0.05) is 38.8 Å². The average molecular weight is 295 g/mol. The van der Waals surface area contributed by atoms with Crippen molar-refractivity contribution in [1.82, 2.24) is 0 Å². The number of benzene rings is 1. The summed E-state index contributed by atoms with van der Waals surface area (Å²) in [5.41, 5.74) is 6.16. The standard InChI is InChI=1S/C16H23ClN2O/c1-11(2)6-7-16(3,8-9-18)15(20)12-4-5-14(19)13(17)10-12/h4-5,9-11,18H,6-8,19H2,1-3H3. The van der Waals surface area contributed by atoms with Crippen LogP contribution in [-0.2, 0) is 0 Å². The van der Waals surface area contributed by atoms with Crippen molar-refractivity contribution in [2.75, 3.05) is 5.73 Å². The number of anilines is 1. The van der Waals surface area contributed by atoms with E-state index in [4.69, 9.17) is 22.7 Å². The molecule has 0 fully saturated rings. The molecule has 1 rings (SSSR count). The van der Waals surface area contributed by atoms with Crippen LogP contribution in [0, 0.1) is 16.7 Å². The maximum Gasteiger partial charge on any atom is 0.169 e. The van der Waals surface area contributed by atoms with Crippen LogP contribution in [0.3, 0.4) is 0 Å². The molecule has 0 saturated carbocycles. The highest BCUT2D eigenvalue weighted by Crippen LogP contribution is 2.34. The molecule has 20 heavy (non-hydrogen) atoms. The molecule has 1 atom stereocenters. The van der Waals surface area contributed by atoms with E-state index in [1.807, 2.05) is 6.92 Å². The van der Waals surface area contributed by atoms with Crippen molar-refractivity contribution in [1.29, 1.82) is 5.41 Å². The van der Waals surface area contributed by atoms with E-state index in [9.17, 15) is 4.79 Å². The summed E-state index contributed by atoms with van der Waals surface area (Å²) in [5, 5.41) is 7.75. The van der Waals surface area contributed by atoms with Gasteiger partial charge in [0.25, 0.3) is 0 Å². The van der Waals surface area contributed by atoms with E-state index in [1.165, 1.54) is 6.21 Å². The lowest BCUT2D eigenvalue weighted by molar-refractivity contribution is 0.0804. The molecule has 0 bridgehead atoms. The van der Waals surface area contributed by atoms with Crippen LogP contribution in [0.1, 0.15) is 50.4 Å². The fraction of sp³-hybridized carbons (Fsp3) is 0.500. The predicted molar refractivity (Wildman–Crippen MR) is 85.8 cm³/mol. The van der Waals surface area contributed by atoms with Gasteiger partial charge in [-0.25, -0.2) is 0 Å². The first-order valence-corrected chi connectivity index (χ1v) is 7.26. The second-order valence-corrected chi connectivity index (χ2v) is 6.37. The number of carbonyl (C=O) groups excluding carboxylic acids is 1. The van der Waals surface area contributed by atoms with Crippen LogP contribution in [-0.4, -0.2) is 12.0 Å². The number of ketones is 1. The van der Waals surface area contributed by atoms with Gasteiger partial charge in [0, 0.05) is 11.0 Å². The van der Waals surface area contributed by atoms with Crippen LogP contribution < -0.4 is 5.73 Å². The smallest absolute Gasteiger partial charge is 0.169 e. The molecule has 0 saturated heterocycles. The van der Waals surface area contributed by atoms with Gasteiger partial charge in [-0.2, -0.15) is 0 Å². The number of nitrogens with two attached hydrogens (primary N) is 1. The molecule has 4 heteroatoms. The first-order chi connectivity index (χ1) is 9.30. The van der Waals surface area contributed by atoms with Crippen molar-refractivity contribution in [3.63, 3.8) is 0 Å². The Balaban J connectivity index is 3.03. The Bertz CT molecular complexity index is 499. The minimum absolute atomic E-state index is 0.0311. The minimum Gasteiger partial charge on any atom is -0.398 e. The maximum atomic E-state index is 12.7. The Morgan fingerprint density at radius 3 is 2.65 bits per heavy atom. The first-order valence-electron chi connectivity index (χ1n) is 6.89. The number of nitrogen functional groups attached to an aromatic ring is 1. The van der Waals surface area contributed by atoms with E-state index in [2.05, 4.69) is 13.8 Å². The minimum atomic E-state index is -0.550. The summed E-state index contributed by atoms with van der Waals surface area (Å²) < 4.78 is 0. The molecule has 0 spiro atoms. The molecule has 1 aromatic rings. The summed E-state index contributed by atoms with van der Waals surface area (Å²) in [4.78, 5) is 12.7. The van der Waals surface area contributed by atoms with Crippen molar-refractivity contribution < 1.29 is 4.79 Å². The molecule has 0 radical (unpaired) electrons. The molecule has 0 heterocycles. The topological polar surface area (TPSA) is 66.9 Å². The molecule has 0 amide bonds. The maximum absolute atomic E-state index is 12.7. The van der Waals surface area contributed by atoms with E-state index >= 15 is 0 Å². The zero-order valence-electron chi connectivity index (χ0n) is 12.4. The lowest BCUT2D eigenvalue weighted by Crippen LogP contribution is -2.29. The molecule has 1 unspecified atom stereocenters. The molecule has 3 nitrogen and oxygen atoms in total. The van der Waals surface area contributed by atoms with Gasteiger partial charge in [-0.15, -0.1) is 0 Å². The summed E-state index contributed by atoms with van der Waals surface area (Å²) >= 11 is 5.99. The molecule has 0 aromatic heterocycles. The third kappa shape index (κ3) is 4.07. The Labute approximate surface area is 126 Å². The van der Waals surface area contributed by atoms with Gasteiger partial charge >= 0.3 is 0 Å². The zero-order valence-corrected chi connectivity index (χ0v) is 13.1. The second kappa shape index (κ2) is 6.89. The first kappa shape index (κ1) is 16.7. The SMILES string of the molecule is CC(C)CCC(C)(CC=N)C(=O)c1ccc(N)c(Cl)c1. The number of Topliss-reactive ketones (excluding diaryl/α,β-unsaturated/α-hetero) is 1. The number of rotatable bonds is 7. The number of hydrogen-bond acceptors (Lipinski definition) is 3. The predicted octanol–water partition coefficient (Wildman–Crippen LogP) is 4.59. The van der Waals surface area contributed by atoms with E-state index in [-0.39, 0.29) is 5.78 Å².